The molecule has 0 saturated heterocycles. The Morgan fingerprint density at radius 2 is 1.82 bits per heavy atom. The Morgan fingerprint density at radius 1 is 1.18 bits per heavy atom. The quantitative estimate of drug-likeness (QED) is 0.579. The number of hydrogen-bond acceptors (Lipinski definition) is 4. The minimum Gasteiger partial charge on any atom is -0.463 e. The first kappa shape index (κ1) is 12.9. The van der Waals surface area contributed by atoms with Gasteiger partial charge >= 0.3 is 5.97 Å². The third kappa shape index (κ3) is 4.46. The fourth-order valence-electron chi connectivity index (χ4n) is 1.21. The lowest BCUT2D eigenvalue weighted by Crippen LogP contribution is -2.34. The van der Waals surface area contributed by atoms with Gasteiger partial charge in [-0.15, -0.1) is 0 Å². The molecule has 1 rings (SSSR count). The van der Waals surface area contributed by atoms with E-state index in [9.17, 15) is 14.4 Å². The van der Waals surface area contributed by atoms with Gasteiger partial charge in [0.25, 0.3) is 5.78 Å². The van der Waals surface area contributed by atoms with Crippen LogP contribution in [0.3, 0.4) is 0 Å². The van der Waals surface area contributed by atoms with E-state index in [2.05, 4.69) is 10.1 Å². The largest absolute Gasteiger partial charge is 0.463 e. The predicted octanol–water partition coefficient (Wildman–Crippen LogP) is 0.0874. The molecule has 0 heterocycles. The number of rotatable bonds is 5. The van der Waals surface area contributed by atoms with Crippen molar-refractivity contribution in [2.24, 2.45) is 0 Å². The molecule has 0 radical (unpaired) electrons. The minimum absolute atomic E-state index is 0.176. The molecule has 1 aromatic carbocycles. The van der Waals surface area contributed by atoms with Crippen LogP contribution >= 0.6 is 0 Å². The first-order chi connectivity index (χ1) is 8.13. The first-order valence-electron chi connectivity index (χ1n) is 5.05. The summed E-state index contributed by atoms with van der Waals surface area (Å²) in [6.07, 6.45) is 0.176. The summed E-state index contributed by atoms with van der Waals surface area (Å²) in [6.45, 7) is -0.335. The number of Topliss-reactive ketones (excluding diaryl/α,β-unsaturated/α-hetero) is 1. The van der Waals surface area contributed by atoms with Crippen LogP contribution in [0.25, 0.3) is 0 Å². The third-order valence-electron chi connectivity index (χ3n) is 2.07. The zero-order chi connectivity index (χ0) is 12.7. The zero-order valence-electron chi connectivity index (χ0n) is 9.43. The Kier molecular flexibility index (Phi) is 4.87. The van der Waals surface area contributed by atoms with E-state index in [4.69, 9.17) is 0 Å². The summed E-state index contributed by atoms with van der Waals surface area (Å²) in [6, 6.07) is 9.11. The maximum Gasteiger partial charge on any atom is 0.376 e. The number of amides is 1. The fourth-order valence-corrected chi connectivity index (χ4v) is 1.21. The van der Waals surface area contributed by atoms with E-state index in [1.807, 2.05) is 30.3 Å². The van der Waals surface area contributed by atoms with Gasteiger partial charge in [0, 0.05) is 0 Å². The van der Waals surface area contributed by atoms with Crippen molar-refractivity contribution in [2.75, 3.05) is 13.7 Å². The van der Waals surface area contributed by atoms with Crippen LogP contribution in [0.1, 0.15) is 5.56 Å². The topological polar surface area (TPSA) is 72.5 Å². The van der Waals surface area contributed by atoms with E-state index in [0.29, 0.717) is 0 Å². The molecule has 1 N–H and O–H groups in total. The third-order valence-corrected chi connectivity index (χ3v) is 2.07. The van der Waals surface area contributed by atoms with Crippen LogP contribution in [0.15, 0.2) is 30.3 Å². The van der Waals surface area contributed by atoms with Crippen LogP contribution in [-0.4, -0.2) is 31.3 Å². The summed E-state index contributed by atoms with van der Waals surface area (Å²) < 4.78 is 4.22. The lowest BCUT2D eigenvalue weighted by Gasteiger charge is -2.03. The molecular weight excluding hydrogens is 222 g/mol. The maximum absolute atomic E-state index is 11.4. The Morgan fingerprint density at radius 3 is 2.41 bits per heavy atom. The number of methoxy groups -OCH3 is 1. The van der Waals surface area contributed by atoms with Crippen molar-refractivity contribution in [1.82, 2.24) is 5.32 Å². The van der Waals surface area contributed by atoms with Crippen LogP contribution < -0.4 is 5.32 Å². The Labute approximate surface area is 98.8 Å². The van der Waals surface area contributed by atoms with E-state index in [1.165, 1.54) is 0 Å². The van der Waals surface area contributed by atoms with Gasteiger partial charge in [-0.1, -0.05) is 30.3 Å². The van der Waals surface area contributed by atoms with E-state index >= 15 is 0 Å². The number of ketones is 1. The number of benzene rings is 1. The second kappa shape index (κ2) is 6.42. The molecule has 5 heteroatoms. The van der Waals surface area contributed by atoms with Crippen molar-refractivity contribution in [3.63, 3.8) is 0 Å². The summed E-state index contributed by atoms with van der Waals surface area (Å²) in [5, 5.41) is 2.36. The van der Waals surface area contributed by atoms with Gasteiger partial charge in [-0.2, -0.15) is 0 Å². The molecule has 0 unspecified atom stereocenters. The van der Waals surface area contributed by atoms with Gasteiger partial charge in [-0.05, 0) is 5.56 Å². The molecule has 0 fully saturated rings. The highest BCUT2D eigenvalue weighted by atomic mass is 16.5. The normalized spacial score (nSPS) is 9.47. The molecule has 0 aliphatic heterocycles. The molecular formula is C12H13NO4. The van der Waals surface area contributed by atoms with Crippen molar-refractivity contribution in [2.45, 2.75) is 6.42 Å². The van der Waals surface area contributed by atoms with Crippen molar-refractivity contribution < 1.29 is 19.1 Å². The van der Waals surface area contributed by atoms with Gasteiger partial charge in [0.1, 0.15) is 0 Å². The van der Waals surface area contributed by atoms with Gasteiger partial charge in [0.15, 0.2) is 0 Å². The molecule has 0 aliphatic rings. The van der Waals surface area contributed by atoms with Crippen LogP contribution in [0, 0.1) is 0 Å². The smallest absolute Gasteiger partial charge is 0.376 e. The molecule has 5 nitrogen and oxygen atoms in total. The monoisotopic (exact) mass is 235 g/mol. The summed E-state index contributed by atoms with van der Waals surface area (Å²) in [4.78, 5) is 33.2. The number of ether oxygens (including phenoxy) is 1. The highest BCUT2D eigenvalue weighted by Crippen LogP contribution is 1.98. The molecule has 90 valence electrons. The molecule has 0 atom stereocenters. The van der Waals surface area contributed by atoms with Gasteiger partial charge in [-0.3, -0.25) is 9.59 Å². The molecule has 1 aromatic rings. The maximum atomic E-state index is 11.4. The second-order valence-corrected chi connectivity index (χ2v) is 3.35. The highest BCUT2D eigenvalue weighted by Gasteiger charge is 2.14. The highest BCUT2D eigenvalue weighted by molar-refractivity contribution is 6.34. The van der Waals surface area contributed by atoms with E-state index in [0.717, 1.165) is 12.7 Å². The number of hydrogen-bond donors (Lipinski definition) is 1. The minimum atomic E-state index is -0.954. The fraction of sp³-hybridized carbons (Fsp3) is 0.250. The number of carbonyl (C=O) groups excluding carboxylic acids is 3. The van der Waals surface area contributed by atoms with Crippen molar-refractivity contribution in [1.29, 1.82) is 0 Å². The summed E-state index contributed by atoms with van der Waals surface area (Å²) >= 11 is 0. The molecule has 0 spiro atoms. The van der Waals surface area contributed by atoms with Crippen molar-refractivity contribution in [3.8, 4) is 0 Å². The van der Waals surface area contributed by atoms with E-state index < -0.39 is 11.8 Å². The standard InChI is InChI=1S/C12H13NO4/c1-17-12(16)10(14)8-13-11(15)7-9-5-3-2-4-6-9/h2-6H,7-8H2,1H3,(H,13,15). The van der Waals surface area contributed by atoms with Crippen LogP contribution in [-0.2, 0) is 25.5 Å². The Bertz CT molecular complexity index is 414. The van der Waals surface area contributed by atoms with Crippen LogP contribution in [0.2, 0.25) is 0 Å². The lowest BCUT2D eigenvalue weighted by atomic mass is 10.1. The number of esters is 1. The second-order valence-electron chi connectivity index (χ2n) is 3.35. The number of nitrogens with one attached hydrogen (secondary N) is 1. The SMILES string of the molecule is COC(=O)C(=O)CNC(=O)Cc1ccccc1. The Hall–Kier alpha value is -2.17. The summed E-state index contributed by atoms with van der Waals surface area (Å²) in [7, 11) is 1.12. The van der Waals surface area contributed by atoms with Gasteiger partial charge < -0.3 is 10.1 Å². The van der Waals surface area contributed by atoms with Crippen molar-refractivity contribution >= 4 is 17.7 Å². The summed E-state index contributed by atoms with van der Waals surface area (Å²) in [5.41, 5.74) is 0.843. The number of carbonyl (C=O) groups is 3. The van der Waals surface area contributed by atoms with Crippen molar-refractivity contribution in [3.05, 3.63) is 35.9 Å². The molecule has 17 heavy (non-hydrogen) atoms. The van der Waals surface area contributed by atoms with Crippen LogP contribution in [0.5, 0.6) is 0 Å². The van der Waals surface area contributed by atoms with E-state index in [1.54, 1.807) is 0 Å². The zero-order valence-corrected chi connectivity index (χ0v) is 9.43. The molecule has 1 amide bonds. The average molecular weight is 235 g/mol. The van der Waals surface area contributed by atoms with Gasteiger partial charge in [-0.25, -0.2) is 4.79 Å². The lowest BCUT2D eigenvalue weighted by molar-refractivity contribution is -0.151. The molecule has 0 bridgehead atoms. The van der Waals surface area contributed by atoms with Crippen LogP contribution in [0.4, 0.5) is 0 Å². The molecule has 0 saturated carbocycles. The summed E-state index contributed by atoms with van der Waals surface area (Å²) in [5.74, 6) is -2.03. The van der Waals surface area contributed by atoms with Gasteiger partial charge in [0.2, 0.25) is 5.91 Å². The average Bonchev–Trinajstić information content (AvgIpc) is 2.36. The Balaban J connectivity index is 2.36. The van der Waals surface area contributed by atoms with E-state index in [-0.39, 0.29) is 18.9 Å². The van der Waals surface area contributed by atoms with Gasteiger partial charge in [0.05, 0.1) is 20.1 Å². The first-order valence-corrected chi connectivity index (χ1v) is 5.05. The predicted molar refractivity (Wildman–Crippen MR) is 60.2 cm³/mol. The molecule has 0 aromatic heterocycles. The molecule has 0 aliphatic carbocycles.